The summed E-state index contributed by atoms with van der Waals surface area (Å²) in [5.41, 5.74) is 3.84. The number of carbonyl (C=O) groups excluding carboxylic acids is 1. The van der Waals surface area contributed by atoms with E-state index in [9.17, 15) is 4.79 Å². The number of amides is 1. The molecule has 0 saturated carbocycles. The Morgan fingerprint density at radius 1 is 1.30 bits per heavy atom. The SMILES string of the molecule is C[C@@H](NC[C@@H]1CC(=O)Nc2ccccc21)c1cccc(C#N)c1. The lowest BCUT2D eigenvalue weighted by molar-refractivity contribution is -0.116. The van der Waals surface area contributed by atoms with E-state index in [0.29, 0.717) is 12.0 Å². The Balaban J connectivity index is 1.71. The molecule has 4 nitrogen and oxygen atoms in total. The maximum atomic E-state index is 11.9. The highest BCUT2D eigenvalue weighted by molar-refractivity contribution is 5.94. The van der Waals surface area contributed by atoms with Gasteiger partial charge in [0.1, 0.15) is 0 Å². The molecule has 0 fully saturated rings. The maximum Gasteiger partial charge on any atom is 0.225 e. The molecule has 3 rings (SSSR count). The average Bonchev–Trinajstić information content (AvgIpc) is 2.59. The van der Waals surface area contributed by atoms with Gasteiger partial charge >= 0.3 is 0 Å². The Kier molecular flexibility index (Phi) is 4.40. The number of hydrogen-bond donors (Lipinski definition) is 2. The Morgan fingerprint density at radius 3 is 2.96 bits per heavy atom. The van der Waals surface area contributed by atoms with Crippen molar-refractivity contribution in [2.45, 2.75) is 25.3 Å². The maximum absolute atomic E-state index is 11.9. The van der Waals surface area contributed by atoms with Crippen molar-refractivity contribution in [3.05, 3.63) is 65.2 Å². The summed E-state index contributed by atoms with van der Waals surface area (Å²) in [5, 5.41) is 15.4. The van der Waals surface area contributed by atoms with Crippen LogP contribution in [0.1, 0.15) is 42.0 Å². The second-order valence-corrected chi connectivity index (χ2v) is 5.90. The molecule has 0 unspecified atom stereocenters. The van der Waals surface area contributed by atoms with Gasteiger partial charge in [0.15, 0.2) is 0 Å². The van der Waals surface area contributed by atoms with Crippen LogP contribution in [-0.2, 0) is 4.79 Å². The normalized spacial score (nSPS) is 17.7. The van der Waals surface area contributed by atoms with E-state index in [1.807, 2.05) is 36.4 Å². The molecule has 2 atom stereocenters. The first kappa shape index (κ1) is 15.3. The van der Waals surface area contributed by atoms with Crippen LogP contribution in [0.3, 0.4) is 0 Å². The third kappa shape index (κ3) is 3.41. The van der Waals surface area contributed by atoms with E-state index in [1.165, 1.54) is 5.56 Å². The smallest absolute Gasteiger partial charge is 0.225 e. The number of carbonyl (C=O) groups is 1. The summed E-state index contributed by atoms with van der Waals surface area (Å²) in [6, 6.07) is 17.9. The van der Waals surface area contributed by atoms with Crippen LogP contribution in [0.5, 0.6) is 0 Å². The van der Waals surface area contributed by atoms with Crippen LogP contribution in [-0.4, -0.2) is 12.5 Å². The fraction of sp³-hybridized carbons (Fsp3) is 0.263. The molecule has 23 heavy (non-hydrogen) atoms. The van der Waals surface area contributed by atoms with Crippen LogP contribution in [0.25, 0.3) is 0 Å². The van der Waals surface area contributed by atoms with Gasteiger partial charge in [-0.1, -0.05) is 30.3 Å². The largest absolute Gasteiger partial charge is 0.326 e. The van der Waals surface area contributed by atoms with Crippen LogP contribution in [0.4, 0.5) is 5.69 Å². The number of hydrogen-bond acceptors (Lipinski definition) is 3. The lowest BCUT2D eigenvalue weighted by atomic mass is 9.90. The molecule has 2 aromatic rings. The molecule has 1 aliphatic rings. The molecule has 2 aromatic carbocycles. The number of para-hydroxylation sites is 1. The molecular weight excluding hydrogens is 286 g/mol. The quantitative estimate of drug-likeness (QED) is 0.910. The first-order valence-corrected chi connectivity index (χ1v) is 7.79. The molecule has 0 aromatic heterocycles. The van der Waals surface area contributed by atoms with Crippen molar-refractivity contribution < 1.29 is 4.79 Å². The summed E-state index contributed by atoms with van der Waals surface area (Å²) < 4.78 is 0. The number of nitrogens with zero attached hydrogens (tertiary/aromatic N) is 1. The average molecular weight is 305 g/mol. The molecule has 0 saturated heterocycles. The monoisotopic (exact) mass is 305 g/mol. The Hall–Kier alpha value is -2.64. The summed E-state index contributed by atoms with van der Waals surface area (Å²) in [6.45, 7) is 2.80. The van der Waals surface area contributed by atoms with Gasteiger partial charge in [0.05, 0.1) is 11.6 Å². The Labute approximate surface area is 136 Å². The minimum absolute atomic E-state index is 0.0645. The van der Waals surface area contributed by atoms with Gasteiger partial charge in [-0.3, -0.25) is 4.79 Å². The second-order valence-electron chi connectivity index (χ2n) is 5.90. The molecule has 1 amide bonds. The van der Waals surface area contributed by atoms with E-state index in [-0.39, 0.29) is 17.9 Å². The van der Waals surface area contributed by atoms with E-state index < -0.39 is 0 Å². The lowest BCUT2D eigenvalue weighted by Gasteiger charge is -2.27. The minimum Gasteiger partial charge on any atom is -0.326 e. The zero-order chi connectivity index (χ0) is 16.2. The number of anilines is 1. The van der Waals surface area contributed by atoms with E-state index in [0.717, 1.165) is 17.8 Å². The highest BCUT2D eigenvalue weighted by Gasteiger charge is 2.24. The van der Waals surface area contributed by atoms with Crippen LogP contribution in [0.15, 0.2) is 48.5 Å². The zero-order valence-corrected chi connectivity index (χ0v) is 13.0. The molecule has 2 N–H and O–H groups in total. The molecule has 116 valence electrons. The van der Waals surface area contributed by atoms with Gasteiger partial charge in [0, 0.05) is 30.6 Å². The molecule has 1 aliphatic heterocycles. The summed E-state index contributed by atoms with van der Waals surface area (Å²) in [5.74, 6) is 0.233. The second kappa shape index (κ2) is 6.64. The molecule has 0 aliphatic carbocycles. The van der Waals surface area contributed by atoms with Gasteiger partial charge < -0.3 is 10.6 Å². The van der Waals surface area contributed by atoms with E-state index in [4.69, 9.17) is 5.26 Å². The zero-order valence-electron chi connectivity index (χ0n) is 13.0. The fourth-order valence-corrected chi connectivity index (χ4v) is 3.00. The Bertz CT molecular complexity index is 763. The molecule has 1 heterocycles. The molecule has 0 radical (unpaired) electrons. The minimum atomic E-state index is 0.0645. The number of nitriles is 1. The third-order valence-corrected chi connectivity index (χ3v) is 4.29. The first-order chi connectivity index (χ1) is 11.2. The number of fused-ring (bicyclic) bond motifs is 1. The lowest BCUT2D eigenvalue weighted by Crippen LogP contribution is -2.31. The molecule has 0 bridgehead atoms. The number of nitrogens with one attached hydrogen (secondary N) is 2. The van der Waals surface area contributed by atoms with Gasteiger partial charge in [0.2, 0.25) is 5.91 Å². The molecule has 0 spiro atoms. The van der Waals surface area contributed by atoms with Crippen LogP contribution in [0.2, 0.25) is 0 Å². The Morgan fingerprint density at radius 2 is 2.13 bits per heavy atom. The van der Waals surface area contributed by atoms with Gasteiger partial charge in [-0.15, -0.1) is 0 Å². The van der Waals surface area contributed by atoms with Crippen molar-refractivity contribution in [3.63, 3.8) is 0 Å². The van der Waals surface area contributed by atoms with Gasteiger partial charge in [-0.05, 0) is 36.2 Å². The summed E-state index contributed by atoms with van der Waals surface area (Å²) >= 11 is 0. The predicted molar refractivity (Wildman–Crippen MR) is 90.0 cm³/mol. The van der Waals surface area contributed by atoms with Crippen molar-refractivity contribution >= 4 is 11.6 Å². The standard InChI is InChI=1S/C19H19N3O/c1-13(15-6-4-5-14(9-15)11-20)21-12-16-10-19(23)22-18-8-3-2-7-17(16)18/h2-9,13,16,21H,10,12H2,1H3,(H,22,23)/t13-,16+/m1/s1. The van der Waals surface area contributed by atoms with Gasteiger partial charge in [-0.2, -0.15) is 5.26 Å². The van der Waals surface area contributed by atoms with Crippen molar-refractivity contribution in [2.24, 2.45) is 0 Å². The number of rotatable bonds is 4. The summed E-state index contributed by atoms with van der Waals surface area (Å²) in [4.78, 5) is 11.9. The van der Waals surface area contributed by atoms with Gasteiger partial charge in [-0.25, -0.2) is 0 Å². The van der Waals surface area contributed by atoms with Gasteiger partial charge in [0.25, 0.3) is 0 Å². The van der Waals surface area contributed by atoms with Crippen molar-refractivity contribution in [2.75, 3.05) is 11.9 Å². The van der Waals surface area contributed by atoms with E-state index in [1.54, 1.807) is 6.07 Å². The molecular formula is C19H19N3O. The molecule has 4 heteroatoms. The number of benzene rings is 2. The van der Waals surface area contributed by atoms with Crippen molar-refractivity contribution in [1.29, 1.82) is 5.26 Å². The third-order valence-electron chi connectivity index (χ3n) is 4.29. The van der Waals surface area contributed by atoms with Crippen molar-refractivity contribution in [3.8, 4) is 6.07 Å². The topological polar surface area (TPSA) is 64.9 Å². The van der Waals surface area contributed by atoms with E-state index in [2.05, 4.69) is 29.7 Å². The summed E-state index contributed by atoms with van der Waals surface area (Å²) in [7, 11) is 0. The first-order valence-electron chi connectivity index (χ1n) is 7.79. The van der Waals surface area contributed by atoms with Crippen LogP contribution < -0.4 is 10.6 Å². The van der Waals surface area contributed by atoms with Crippen molar-refractivity contribution in [1.82, 2.24) is 5.32 Å². The van der Waals surface area contributed by atoms with E-state index >= 15 is 0 Å². The van der Waals surface area contributed by atoms with Crippen LogP contribution in [0, 0.1) is 11.3 Å². The predicted octanol–water partition coefficient (Wildman–Crippen LogP) is 3.33. The fourth-order valence-electron chi connectivity index (χ4n) is 3.00. The summed E-state index contributed by atoms with van der Waals surface area (Å²) in [6.07, 6.45) is 0.495. The highest BCUT2D eigenvalue weighted by atomic mass is 16.1. The highest BCUT2D eigenvalue weighted by Crippen LogP contribution is 2.31. The van der Waals surface area contributed by atoms with Crippen LogP contribution >= 0.6 is 0 Å².